The molecule has 0 radical (unpaired) electrons. The first-order chi connectivity index (χ1) is 11.0. The summed E-state index contributed by atoms with van der Waals surface area (Å²) in [4.78, 5) is 40.0. The molecule has 1 saturated heterocycles. The van der Waals surface area contributed by atoms with Gasteiger partial charge in [0.2, 0.25) is 11.8 Å². The molecule has 2 aliphatic rings. The number of anilines is 1. The van der Waals surface area contributed by atoms with E-state index < -0.39 is 6.04 Å². The van der Waals surface area contributed by atoms with Crippen molar-refractivity contribution in [2.24, 2.45) is 0 Å². The van der Waals surface area contributed by atoms with Gasteiger partial charge in [0.25, 0.3) is 5.91 Å². The zero-order valence-electron chi connectivity index (χ0n) is 13.0. The molecule has 0 aromatic heterocycles. The Bertz CT molecular complexity index is 638. The minimum atomic E-state index is -0.682. The molecule has 1 atom stereocenters. The van der Waals surface area contributed by atoms with E-state index in [0.717, 1.165) is 25.7 Å². The topological polar surface area (TPSA) is 57.7 Å². The Morgan fingerprint density at radius 1 is 1.17 bits per heavy atom. The lowest BCUT2D eigenvalue weighted by Gasteiger charge is -2.32. The van der Waals surface area contributed by atoms with E-state index in [4.69, 9.17) is 11.6 Å². The van der Waals surface area contributed by atoms with Gasteiger partial charge in [-0.3, -0.25) is 14.4 Å². The summed E-state index contributed by atoms with van der Waals surface area (Å²) in [6, 6.07) is 5.97. The number of benzene rings is 1. The van der Waals surface area contributed by atoms with Gasteiger partial charge in [0, 0.05) is 18.0 Å². The molecule has 0 spiro atoms. The van der Waals surface area contributed by atoms with Gasteiger partial charge in [0.05, 0.1) is 12.1 Å². The SMILES string of the molecule is CC(=O)N(C1CCCC1)C1CC(=O)N(c2ccc(Cl)cc2)C1=O. The maximum absolute atomic E-state index is 12.8. The Labute approximate surface area is 140 Å². The fourth-order valence-electron chi connectivity index (χ4n) is 3.61. The average Bonchev–Trinajstić information content (AvgIpc) is 3.11. The maximum atomic E-state index is 12.8. The number of rotatable bonds is 3. The largest absolute Gasteiger partial charge is 0.327 e. The van der Waals surface area contributed by atoms with E-state index >= 15 is 0 Å². The predicted octanol–water partition coefficient (Wildman–Crippen LogP) is 2.76. The van der Waals surface area contributed by atoms with E-state index in [1.54, 1.807) is 29.2 Å². The molecule has 1 saturated carbocycles. The lowest BCUT2D eigenvalue weighted by molar-refractivity contribution is -0.139. The Hall–Kier alpha value is -1.88. The molecule has 1 aliphatic carbocycles. The van der Waals surface area contributed by atoms with E-state index in [1.807, 2.05) is 0 Å². The van der Waals surface area contributed by atoms with Gasteiger partial charge in [0.1, 0.15) is 6.04 Å². The van der Waals surface area contributed by atoms with Crippen LogP contribution in [0.1, 0.15) is 39.0 Å². The summed E-state index contributed by atoms with van der Waals surface area (Å²) in [7, 11) is 0. The molecule has 3 amide bonds. The van der Waals surface area contributed by atoms with Crippen LogP contribution in [0.3, 0.4) is 0 Å². The summed E-state index contributed by atoms with van der Waals surface area (Å²) in [6.45, 7) is 1.47. The number of amides is 3. The zero-order valence-corrected chi connectivity index (χ0v) is 13.8. The third kappa shape index (κ3) is 2.98. The molecule has 3 rings (SSSR count). The molecule has 122 valence electrons. The zero-order chi connectivity index (χ0) is 16.6. The van der Waals surface area contributed by atoms with Gasteiger partial charge in [-0.1, -0.05) is 24.4 Å². The number of nitrogens with zero attached hydrogens (tertiary/aromatic N) is 2. The van der Waals surface area contributed by atoms with Crippen LogP contribution < -0.4 is 4.90 Å². The fourth-order valence-corrected chi connectivity index (χ4v) is 3.73. The molecule has 2 fully saturated rings. The van der Waals surface area contributed by atoms with E-state index in [2.05, 4.69) is 0 Å². The van der Waals surface area contributed by atoms with E-state index in [1.165, 1.54) is 11.8 Å². The van der Waals surface area contributed by atoms with Crippen LogP contribution in [0.2, 0.25) is 5.02 Å². The van der Waals surface area contributed by atoms with Crippen molar-refractivity contribution in [3.63, 3.8) is 0 Å². The summed E-state index contributed by atoms with van der Waals surface area (Å²) in [6.07, 6.45) is 3.98. The normalized spacial score (nSPS) is 22.0. The van der Waals surface area contributed by atoms with Crippen molar-refractivity contribution in [3.05, 3.63) is 29.3 Å². The van der Waals surface area contributed by atoms with Gasteiger partial charge in [-0.25, -0.2) is 4.90 Å². The van der Waals surface area contributed by atoms with Gasteiger partial charge in [-0.2, -0.15) is 0 Å². The molecule has 1 aromatic rings. The highest BCUT2D eigenvalue weighted by Gasteiger charge is 2.45. The number of carbonyl (C=O) groups is 3. The lowest BCUT2D eigenvalue weighted by Crippen LogP contribution is -2.49. The van der Waals surface area contributed by atoms with Gasteiger partial charge < -0.3 is 4.90 Å². The first-order valence-corrected chi connectivity index (χ1v) is 8.28. The molecule has 1 aliphatic heterocycles. The molecule has 1 unspecified atom stereocenters. The Balaban J connectivity index is 1.87. The van der Waals surface area contributed by atoms with Crippen molar-refractivity contribution in [2.75, 3.05) is 4.90 Å². The van der Waals surface area contributed by atoms with Crippen LogP contribution in [0.5, 0.6) is 0 Å². The highest BCUT2D eigenvalue weighted by molar-refractivity contribution is 6.30. The molecule has 23 heavy (non-hydrogen) atoms. The summed E-state index contributed by atoms with van der Waals surface area (Å²) >= 11 is 5.86. The van der Waals surface area contributed by atoms with E-state index in [9.17, 15) is 14.4 Å². The molecule has 0 bridgehead atoms. The van der Waals surface area contributed by atoms with Gasteiger partial charge in [0.15, 0.2) is 0 Å². The lowest BCUT2D eigenvalue weighted by atomic mass is 10.1. The average molecular weight is 335 g/mol. The third-order valence-corrected chi connectivity index (χ3v) is 4.88. The van der Waals surface area contributed by atoms with Crippen molar-refractivity contribution in [2.45, 2.75) is 51.1 Å². The Kier molecular flexibility index (Phi) is 4.39. The summed E-state index contributed by atoms with van der Waals surface area (Å²) in [5.74, 6) is -0.730. The van der Waals surface area contributed by atoms with Crippen LogP contribution in [0, 0.1) is 0 Å². The number of halogens is 1. The van der Waals surface area contributed by atoms with Crippen molar-refractivity contribution in [3.8, 4) is 0 Å². The Morgan fingerprint density at radius 2 is 1.78 bits per heavy atom. The smallest absolute Gasteiger partial charge is 0.257 e. The quantitative estimate of drug-likeness (QED) is 0.799. The van der Waals surface area contributed by atoms with Gasteiger partial charge >= 0.3 is 0 Å². The number of imide groups is 1. The van der Waals surface area contributed by atoms with Crippen LogP contribution in [-0.2, 0) is 14.4 Å². The third-order valence-electron chi connectivity index (χ3n) is 4.63. The van der Waals surface area contributed by atoms with E-state index in [0.29, 0.717) is 10.7 Å². The molecule has 5 nitrogen and oxygen atoms in total. The molecule has 0 N–H and O–H groups in total. The molecule has 1 aromatic carbocycles. The van der Waals surface area contributed by atoms with Crippen molar-refractivity contribution < 1.29 is 14.4 Å². The summed E-state index contributed by atoms with van der Waals surface area (Å²) in [5.41, 5.74) is 0.502. The minimum Gasteiger partial charge on any atom is -0.327 e. The standard InChI is InChI=1S/C17H19ClN2O3/c1-11(21)19(13-4-2-3-5-13)15-10-16(22)20(17(15)23)14-8-6-12(18)7-9-14/h6-9,13,15H,2-5,10H2,1H3. The van der Waals surface area contributed by atoms with Crippen LogP contribution in [0.15, 0.2) is 24.3 Å². The van der Waals surface area contributed by atoms with Crippen molar-refractivity contribution in [1.29, 1.82) is 0 Å². The van der Waals surface area contributed by atoms with Gasteiger partial charge in [-0.05, 0) is 37.1 Å². The highest BCUT2D eigenvalue weighted by atomic mass is 35.5. The molecular formula is C17H19ClN2O3. The first-order valence-electron chi connectivity index (χ1n) is 7.90. The van der Waals surface area contributed by atoms with Crippen LogP contribution in [-0.4, -0.2) is 34.7 Å². The summed E-state index contributed by atoms with van der Waals surface area (Å²) < 4.78 is 0. The molecule has 6 heteroatoms. The van der Waals surface area contributed by atoms with E-state index in [-0.39, 0.29) is 30.2 Å². The first kappa shape index (κ1) is 16.0. The minimum absolute atomic E-state index is 0.0531. The Morgan fingerprint density at radius 3 is 2.35 bits per heavy atom. The van der Waals surface area contributed by atoms with Crippen molar-refractivity contribution in [1.82, 2.24) is 4.90 Å². The van der Waals surface area contributed by atoms with Crippen molar-refractivity contribution >= 4 is 35.0 Å². The number of carbonyl (C=O) groups excluding carboxylic acids is 3. The second-order valence-corrected chi connectivity index (χ2v) is 6.56. The molecule has 1 heterocycles. The van der Waals surface area contributed by atoms with Crippen LogP contribution >= 0.6 is 11.6 Å². The predicted molar refractivity (Wildman–Crippen MR) is 87.1 cm³/mol. The highest BCUT2D eigenvalue weighted by Crippen LogP contribution is 2.31. The second-order valence-electron chi connectivity index (χ2n) is 6.13. The fraction of sp³-hybridized carbons (Fsp3) is 0.471. The van der Waals surface area contributed by atoms with Crippen LogP contribution in [0.4, 0.5) is 5.69 Å². The summed E-state index contributed by atoms with van der Waals surface area (Å²) in [5, 5.41) is 0.542. The maximum Gasteiger partial charge on any atom is 0.257 e. The number of hydrogen-bond acceptors (Lipinski definition) is 3. The monoisotopic (exact) mass is 334 g/mol. The van der Waals surface area contributed by atoms with Gasteiger partial charge in [-0.15, -0.1) is 0 Å². The molecular weight excluding hydrogens is 316 g/mol. The number of hydrogen-bond donors (Lipinski definition) is 0. The van der Waals surface area contributed by atoms with Crippen LogP contribution in [0.25, 0.3) is 0 Å². The second kappa shape index (κ2) is 6.32.